The van der Waals surface area contributed by atoms with Crippen molar-refractivity contribution in [3.63, 3.8) is 0 Å². The molecule has 6 heterocycles. The minimum atomic E-state index is 0.129. The van der Waals surface area contributed by atoms with Crippen molar-refractivity contribution in [3.8, 4) is 0 Å². The molecule has 3 atom stereocenters. The van der Waals surface area contributed by atoms with Crippen molar-refractivity contribution in [2.24, 2.45) is 5.92 Å². The summed E-state index contributed by atoms with van der Waals surface area (Å²) in [5.41, 5.74) is 2.00. The van der Waals surface area contributed by atoms with Crippen LogP contribution in [-0.2, 0) is 13.1 Å². The van der Waals surface area contributed by atoms with E-state index in [1.807, 2.05) is 6.20 Å². The fraction of sp³-hybridized carbons (Fsp3) is 0.545. The summed E-state index contributed by atoms with van der Waals surface area (Å²) in [6.45, 7) is 5.76. The number of imidazole rings is 1. The standard InChI is InChI=1S/C22H27N5O/c28-22(18-14-26-11-8-23-12-19(26)24-18)27-13-17(15-4-2-1-3-5-15)21-20(27)16-6-9-25(21)10-7-16/h1-5,14,16-17,20-21,23H,6-13H2/t17-,20+,21+/m1/s1. The first-order chi connectivity index (χ1) is 13.8. The number of piperidine rings is 3. The van der Waals surface area contributed by atoms with Gasteiger partial charge in [-0.3, -0.25) is 9.69 Å². The number of fused-ring (bicyclic) bond motifs is 3. The van der Waals surface area contributed by atoms with Crippen LogP contribution in [0.25, 0.3) is 0 Å². The van der Waals surface area contributed by atoms with Gasteiger partial charge in [0, 0.05) is 37.8 Å². The number of carbonyl (C=O) groups is 1. The fourth-order valence-electron chi connectivity index (χ4n) is 6.09. The summed E-state index contributed by atoms with van der Waals surface area (Å²) in [6, 6.07) is 11.6. The number of amides is 1. The van der Waals surface area contributed by atoms with Gasteiger partial charge < -0.3 is 14.8 Å². The van der Waals surface area contributed by atoms with Gasteiger partial charge in [-0.25, -0.2) is 4.98 Å². The van der Waals surface area contributed by atoms with Gasteiger partial charge in [-0.2, -0.15) is 0 Å². The van der Waals surface area contributed by atoms with Gasteiger partial charge in [-0.1, -0.05) is 30.3 Å². The summed E-state index contributed by atoms with van der Waals surface area (Å²) in [5.74, 6) is 2.15. The molecular formula is C22H27N5O. The molecule has 1 aromatic carbocycles. The Morgan fingerprint density at radius 3 is 2.68 bits per heavy atom. The highest BCUT2D eigenvalue weighted by Crippen LogP contribution is 2.46. The van der Waals surface area contributed by atoms with Gasteiger partial charge >= 0.3 is 0 Å². The van der Waals surface area contributed by atoms with Crippen LogP contribution in [0.1, 0.15) is 40.6 Å². The molecule has 28 heavy (non-hydrogen) atoms. The van der Waals surface area contributed by atoms with E-state index in [1.54, 1.807) is 0 Å². The van der Waals surface area contributed by atoms with E-state index < -0.39 is 0 Å². The van der Waals surface area contributed by atoms with Gasteiger partial charge in [0.1, 0.15) is 11.5 Å². The maximum absolute atomic E-state index is 13.6. The number of nitrogens with one attached hydrogen (secondary N) is 1. The molecule has 146 valence electrons. The van der Waals surface area contributed by atoms with E-state index in [1.165, 1.54) is 31.5 Å². The van der Waals surface area contributed by atoms with Crippen LogP contribution in [0.5, 0.6) is 0 Å². The van der Waals surface area contributed by atoms with Crippen molar-refractivity contribution in [2.75, 3.05) is 26.2 Å². The van der Waals surface area contributed by atoms with Crippen molar-refractivity contribution in [2.45, 2.75) is 43.9 Å². The molecule has 5 aliphatic heterocycles. The highest BCUT2D eigenvalue weighted by molar-refractivity contribution is 5.93. The number of likely N-dealkylation sites (tertiary alicyclic amines) is 1. The van der Waals surface area contributed by atoms with Crippen LogP contribution in [0, 0.1) is 5.92 Å². The highest BCUT2D eigenvalue weighted by atomic mass is 16.2. The molecule has 2 bridgehead atoms. The Hall–Kier alpha value is -2.18. The largest absolute Gasteiger partial charge is 0.332 e. The van der Waals surface area contributed by atoms with Gasteiger partial charge in [0.25, 0.3) is 5.91 Å². The Bertz CT molecular complexity index is 862. The van der Waals surface area contributed by atoms with E-state index >= 15 is 0 Å². The number of aromatic nitrogens is 2. The minimum absolute atomic E-state index is 0.129. The molecule has 6 nitrogen and oxygen atoms in total. The van der Waals surface area contributed by atoms with Gasteiger partial charge in [-0.15, -0.1) is 0 Å². The zero-order chi connectivity index (χ0) is 18.7. The summed E-state index contributed by atoms with van der Waals surface area (Å²) in [5, 5.41) is 3.34. The number of benzene rings is 1. The van der Waals surface area contributed by atoms with Crippen LogP contribution in [0.15, 0.2) is 36.5 Å². The Morgan fingerprint density at radius 1 is 1.07 bits per heavy atom. The summed E-state index contributed by atoms with van der Waals surface area (Å²) in [4.78, 5) is 23.1. The Labute approximate surface area is 165 Å². The third-order valence-corrected chi connectivity index (χ3v) is 7.37. The van der Waals surface area contributed by atoms with Crippen molar-refractivity contribution in [1.82, 2.24) is 24.7 Å². The molecule has 6 heteroatoms. The minimum Gasteiger partial charge on any atom is -0.332 e. The maximum atomic E-state index is 13.6. The lowest BCUT2D eigenvalue weighted by molar-refractivity contribution is -0.00357. The number of nitrogens with zero attached hydrogens (tertiary/aromatic N) is 4. The van der Waals surface area contributed by atoms with E-state index in [-0.39, 0.29) is 5.91 Å². The average Bonchev–Trinajstić information content (AvgIpc) is 3.38. The van der Waals surface area contributed by atoms with E-state index in [4.69, 9.17) is 0 Å². The second-order valence-electron chi connectivity index (χ2n) is 8.74. The lowest BCUT2D eigenvalue weighted by Gasteiger charge is -2.51. The Morgan fingerprint density at radius 2 is 1.89 bits per heavy atom. The number of hydrogen-bond acceptors (Lipinski definition) is 4. The van der Waals surface area contributed by atoms with E-state index in [0.29, 0.717) is 29.6 Å². The predicted molar refractivity (Wildman–Crippen MR) is 106 cm³/mol. The molecule has 0 spiro atoms. The molecule has 1 aromatic heterocycles. The molecule has 0 aliphatic carbocycles. The summed E-state index contributed by atoms with van der Waals surface area (Å²) in [6.07, 6.45) is 4.41. The first kappa shape index (κ1) is 16.7. The van der Waals surface area contributed by atoms with E-state index in [2.05, 4.69) is 55.0 Å². The predicted octanol–water partition coefficient (Wildman–Crippen LogP) is 1.69. The van der Waals surface area contributed by atoms with Crippen molar-refractivity contribution >= 4 is 5.91 Å². The lowest BCUT2D eigenvalue weighted by atomic mass is 9.75. The third-order valence-electron chi connectivity index (χ3n) is 7.37. The number of rotatable bonds is 2. The van der Waals surface area contributed by atoms with Crippen LogP contribution in [-0.4, -0.2) is 63.5 Å². The topological polar surface area (TPSA) is 53.4 Å². The second-order valence-corrected chi connectivity index (χ2v) is 8.74. The average molecular weight is 377 g/mol. The Kier molecular flexibility index (Phi) is 3.84. The molecule has 5 aliphatic rings. The van der Waals surface area contributed by atoms with Crippen LogP contribution in [0.3, 0.4) is 0 Å². The molecule has 0 saturated carbocycles. The van der Waals surface area contributed by atoms with Crippen molar-refractivity contribution < 1.29 is 4.79 Å². The highest BCUT2D eigenvalue weighted by Gasteiger charge is 2.54. The van der Waals surface area contributed by atoms with Gasteiger partial charge in [0.05, 0.1) is 12.6 Å². The lowest BCUT2D eigenvalue weighted by Crippen LogP contribution is -2.60. The van der Waals surface area contributed by atoms with Crippen LogP contribution >= 0.6 is 0 Å². The monoisotopic (exact) mass is 377 g/mol. The summed E-state index contributed by atoms with van der Waals surface area (Å²) in [7, 11) is 0. The molecule has 1 N–H and O–H groups in total. The second kappa shape index (κ2) is 6.42. The number of hydrogen-bond donors (Lipinski definition) is 1. The molecule has 4 saturated heterocycles. The molecular weight excluding hydrogens is 350 g/mol. The fourth-order valence-corrected chi connectivity index (χ4v) is 6.09. The van der Waals surface area contributed by atoms with E-state index in [0.717, 1.165) is 32.0 Å². The van der Waals surface area contributed by atoms with Crippen molar-refractivity contribution in [3.05, 3.63) is 53.6 Å². The normalized spacial score (nSPS) is 33.6. The van der Waals surface area contributed by atoms with Crippen LogP contribution in [0.2, 0.25) is 0 Å². The third kappa shape index (κ3) is 2.47. The zero-order valence-corrected chi connectivity index (χ0v) is 16.1. The Balaban J connectivity index is 1.36. The smallest absolute Gasteiger partial charge is 0.274 e. The zero-order valence-electron chi connectivity index (χ0n) is 16.1. The van der Waals surface area contributed by atoms with Gasteiger partial charge in [0.15, 0.2) is 0 Å². The van der Waals surface area contributed by atoms with Crippen LogP contribution < -0.4 is 5.32 Å². The molecule has 0 radical (unpaired) electrons. The van der Waals surface area contributed by atoms with Crippen LogP contribution in [0.4, 0.5) is 0 Å². The first-order valence-corrected chi connectivity index (χ1v) is 10.7. The first-order valence-electron chi connectivity index (χ1n) is 10.7. The molecule has 4 fully saturated rings. The molecule has 7 rings (SSSR count). The molecule has 1 amide bonds. The summed E-state index contributed by atoms with van der Waals surface area (Å²) >= 11 is 0. The number of carbonyl (C=O) groups excluding carboxylic acids is 1. The quantitative estimate of drug-likeness (QED) is 0.865. The SMILES string of the molecule is O=C(c1cn2c(n1)CNCC2)N1C[C@H](c2ccccc2)[C@H]2[C@@H]1C1CCN2CC1. The van der Waals surface area contributed by atoms with E-state index in [9.17, 15) is 4.79 Å². The molecule has 2 aromatic rings. The van der Waals surface area contributed by atoms with Crippen molar-refractivity contribution in [1.29, 1.82) is 0 Å². The maximum Gasteiger partial charge on any atom is 0.274 e. The van der Waals surface area contributed by atoms with Gasteiger partial charge in [0.2, 0.25) is 0 Å². The summed E-state index contributed by atoms with van der Waals surface area (Å²) < 4.78 is 2.14. The van der Waals surface area contributed by atoms with Gasteiger partial charge in [-0.05, 0) is 37.4 Å². The molecule has 0 unspecified atom stereocenters.